The zero-order valence-electron chi connectivity index (χ0n) is 13.1. The standard InChI is InChI=1S/C18H13ClF2N2O2/c1-2-23-9-12(17(24)11-8-10(19)6-7-15(11)23)18(25)22-16-13(20)4-3-5-14(16)21/h3-9H,2H2,1H3,(H,22,25). The molecule has 0 spiro atoms. The van der Waals surface area contributed by atoms with E-state index in [1.54, 1.807) is 16.7 Å². The van der Waals surface area contributed by atoms with E-state index >= 15 is 0 Å². The summed E-state index contributed by atoms with van der Waals surface area (Å²) < 4.78 is 29.1. The third kappa shape index (κ3) is 3.13. The average molecular weight is 363 g/mol. The number of amides is 1. The highest BCUT2D eigenvalue weighted by Crippen LogP contribution is 2.20. The van der Waals surface area contributed by atoms with Crippen molar-refractivity contribution in [1.29, 1.82) is 0 Å². The number of carbonyl (C=O) groups excluding carboxylic acids is 1. The largest absolute Gasteiger partial charge is 0.347 e. The highest BCUT2D eigenvalue weighted by molar-refractivity contribution is 6.31. The fraction of sp³-hybridized carbons (Fsp3) is 0.111. The number of carbonyl (C=O) groups is 1. The molecular weight excluding hydrogens is 350 g/mol. The smallest absolute Gasteiger partial charge is 0.261 e. The molecule has 1 heterocycles. The third-order valence-corrected chi connectivity index (χ3v) is 4.06. The van der Waals surface area contributed by atoms with E-state index in [2.05, 4.69) is 5.32 Å². The van der Waals surface area contributed by atoms with Gasteiger partial charge in [0.2, 0.25) is 5.43 Å². The Morgan fingerprint density at radius 3 is 2.52 bits per heavy atom. The molecule has 1 aromatic heterocycles. The Morgan fingerprint density at radius 1 is 1.20 bits per heavy atom. The quantitative estimate of drug-likeness (QED) is 0.759. The fourth-order valence-corrected chi connectivity index (χ4v) is 2.76. The first-order valence-corrected chi connectivity index (χ1v) is 7.88. The molecule has 0 radical (unpaired) electrons. The maximum absolute atomic E-state index is 13.7. The van der Waals surface area contributed by atoms with Gasteiger partial charge in [0.1, 0.15) is 22.9 Å². The molecule has 1 amide bonds. The molecule has 1 N–H and O–H groups in total. The molecule has 7 heteroatoms. The number of hydrogen-bond donors (Lipinski definition) is 1. The van der Waals surface area contributed by atoms with Crippen molar-refractivity contribution in [2.45, 2.75) is 13.5 Å². The number of nitrogens with zero attached hydrogens (tertiary/aromatic N) is 1. The lowest BCUT2D eigenvalue weighted by Gasteiger charge is -2.12. The molecule has 3 aromatic rings. The molecule has 0 saturated heterocycles. The summed E-state index contributed by atoms with van der Waals surface area (Å²) in [6.45, 7) is 2.34. The zero-order valence-corrected chi connectivity index (χ0v) is 13.9. The average Bonchev–Trinajstić information content (AvgIpc) is 2.59. The summed E-state index contributed by atoms with van der Waals surface area (Å²) in [7, 11) is 0. The Labute approximate surface area is 146 Å². The number of anilines is 1. The van der Waals surface area contributed by atoms with Gasteiger partial charge in [-0.25, -0.2) is 8.78 Å². The van der Waals surface area contributed by atoms with Crippen molar-refractivity contribution in [2.75, 3.05) is 5.32 Å². The van der Waals surface area contributed by atoms with Crippen LogP contribution in [-0.2, 0) is 6.54 Å². The fourth-order valence-electron chi connectivity index (χ4n) is 2.59. The van der Waals surface area contributed by atoms with Gasteiger partial charge in [-0.15, -0.1) is 0 Å². The van der Waals surface area contributed by atoms with Gasteiger partial charge in [-0.05, 0) is 37.3 Å². The Kier molecular flexibility index (Phi) is 4.55. The second-order valence-corrected chi connectivity index (χ2v) is 5.81. The van der Waals surface area contributed by atoms with E-state index in [4.69, 9.17) is 11.6 Å². The summed E-state index contributed by atoms with van der Waals surface area (Å²) in [5, 5.41) is 2.74. The van der Waals surface area contributed by atoms with Crippen LogP contribution >= 0.6 is 11.6 Å². The minimum absolute atomic E-state index is 0.223. The lowest BCUT2D eigenvalue weighted by molar-refractivity contribution is 0.102. The van der Waals surface area contributed by atoms with E-state index in [1.807, 2.05) is 6.92 Å². The maximum Gasteiger partial charge on any atom is 0.261 e. The molecule has 0 aliphatic heterocycles. The van der Waals surface area contributed by atoms with Crippen molar-refractivity contribution in [3.63, 3.8) is 0 Å². The SMILES string of the molecule is CCn1cc(C(=O)Nc2c(F)cccc2F)c(=O)c2cc(Cl)ccc21. The Bertz CT molecular complexity index is 1030. The number of aryl methyl sites for hydroxylation is 1. The number of pyridine rings is 1. The van der Waals surface area contributed by atoms with Crippen LogP contribution in [0.3, 0.4) is 0 Å². The molecule has 0 fully saturated rings. The van der Waals surface area contributed by atoms with E-state index in [0.29, 0.717) is 17.1 Å². The first-order valence-electron chi connectivity index (χ1n) is 7.50. The first-order chi connectivity index (χ1) is 11.9. The molecule has 0 aliphatic carbocycles. The number of para-hydroxylation sites is 1. The van der Waals surface area contributed by atoms with Gasteiger partial charge in [-0.2, -0.15) is 0 Å². The van der Waals surface area contributed by atoms with Crippen molar-refractivity contribution in [3.8, 4) is 0 Å². The van der Waals surface area contributed by atoms with Gasteiger partial charge < -0.3 is 9.88 Å². The summed E-state index contributed by atoms with van der Waals surface area (Å²) in [5.74, 6) is -2.74. The van der Waals surface area contributed by atoms with Gasteiger partial charge in [0, 0.05) is 23.2 Å². The maximum atomic E-state index is 13.7. The third-order valence-electron chi connectivity index (χ3n) is 3.83. The number of benzene rings is 2. The van der Waals surface area contributed by atoms with Crippen LogP contribution in [0, 0.1) is 11.6 Å². The number of halogens is 3. The monoisotopic (exact) mass is 362 g/mol. The van der Waals surface area contributed by atoms with Crippen molar-refractivity contribution in [3.05, 3.63) is 75.0 Å². The Balaban J connectivity index is 2.13. The second kappa shape index (κ2) is 6.64. The summed E-state index contributed by atoms with van der Waals surface area (Å²) >= 11 is 5.94. The number of hydrogen-bond acceptors (Lipinski definition) is 2. The second-order valence-electron chi connectivity index (χ2n) is 5.37. The van der Waals surface area contributed by atoms with E-state index in [1.165, 1.54) is 18.3 Å². The molecule has 0 bridgehead atoms. The molecular formula is C18H13ClF2N2O2. The molecule has 128 valence electrons. The molecule has 2 aromatic carbocycles. The summed E-state index contributed by atoms with van der Waals surface area (Å²) in [4.78, 5) is 25.1. The van der Waals surface area contributed by atoms with Gasteiger partial charge >= 0.3 is 0 Å². The number of aromatic nitrogens is 1. The number of nitrogens with one attached hydrogen (secondary N) is 1. The van der Waals surface area contributed by atoms with Gasteiger partial charge in [0.15, 0.2) is 0 Å². The van der Waals surface area contributed by atoms with E-state index in [-0.39, 0.29) is 10.9 Å². The Hall–Kier alpha value is -2.73. The van der Waals surface area contributed by atoms with Crippen LogP contribution in [-0.4, -0.2) is 10.5 Å². The predicted molar refractivity (Wildman–Crippen MR) is 93.2 cm³/mol. The molecule has 4 nitrogen and oxygen atoms in total. The van der Waals surface area contributed by atoms with Crippen LogP contribution in [0.5, 0.6) is 0 Å². The van der Waals surface area contributed by atoms with Crippen LogP contribution in [0.1, 0.15) is 17.3 Å². The summed E-state index contributed by atoms with van der Waals surface area (Å²) in [6.07, 6.45) is 1.37. The number of rotatable bonds is 3. The predicted octanol–water partition coefficient (Wildman–Crippen LogP) is 4.21. The minimum atomic E-state index is -0.923. The molecule has 3 rings (SSSR count). The zero-order chi connectivity index (χ0) is 18.1. The van der Waals surface area contributed by atoms with Crippen LogP contribution in [0.2, 0.25) is 5.02 Å². The first kappa shape index (κ1) is 17.1. The molecule has 0 saturated carbocycles. The summed E-state index contributed by atoms with van der Waals surface area (Å²) in [5.41, 5.74) is -0.762. The Morgan fingerprint density at radius 2 is 1.88 bits per heavy atom. The molecule has 0 unspecified atom stereocenters. The van der Waals surface area contributed by atoms with E-state index in [0.717, 1.165) is 12.1 Å². The summed E-state index contributed by atoms with van der Waals surface area (Å²) in [6, 6.07) is 8.01. The minimum Gasteiger partial charge on any atom is -0.347 e. The number of fused-ring (bicyclic) bond motifs is 1. The van der Waals surface area contributed by atoms with Crippen molar-refractivity contribution >= 4 is 34.1 Å². The van der Waals surface area contributed by atoms with Gasteiger partial charge in [-0.3, -0.25) is 9.59 Å². The lowest BCUT2D eigenvalue weighted by atomic mass is 10.1. The molecule has 25 heavy (non-hydrogen) atoms. The lowest BCUT2D eigenvalue weighted by Crippen LogP contribution is -2.24. The van der Waals surface area contributed by atoms with Crippen LogP contribution in [0.15, 0.2) is 47.4 Å². The van der Waals surface area contributed by atoms with E-state index < -0.39 is 28.7 Å². The van der Waals surface area contributed by atoms with Crippen molar-refractivity contribution in [1.82, 2.24) is 4.57 Å². The van der Waals surface area contributed by atoms with Crippen LogP contribution in [0.4, 0.5) is 14.5 Å². The topological polar surface area (TPSA) is 51.1 Å². The van der Waals surface area contributed by atoms with Gasteiger partial charge in [-0.1, -0.05) is 17.7 Å². The highest BCUT2D eigenvalue weighted by Gasteiger charge is 2.18. The molecule has 0 atom stereocenters. The highest BCUT2D eigenvalue weighted by atomic mass is 35.5. The van der Waals surface area contributed by atoms with Crippen LogP contribution in [0.25, 0.3) is 10.9 Å². The van der Waals surface area contributed by atoms with Gasteiger partial charge in [0.25, 0.3) is 5.91 Å². The van der Waals surface area contributed by atoms with Crippen molar-refractivity contribution < 1.29 is 13.6 Å². The van der Waals surface area contributed by atoms with Gasteiger partial charge in [0.05, 0.1) is 5.52 Å². The van der Waals surface area contributed by atoms with Crippen LogP contribution < -0.4 is 10.7 Å². The van der Waals surface area contributed by atoms with Crippen molar-refractivity contribution in [2.24, 2.45) is 0 Å². The molecule has 0 aliphatic rings. The van der Waals surface area contributed by atoms with E-state index in [9.17, 15) is 18.4 Å². The normalized spacial score (nSPS) is 10.9.